The van der Waals surface area contributed by atoms with Gasteiger partial charge in [-0.25, -0.2) is 4.79 Å². The summed E-state index contributed by atoms with van der Waals surface area (Å²) in [5.74, 6) is -0.416. The third kappa shape index (κ3) is 4.35. The summed E-state index contributed by atoms with van der Waals surface area (Å²) in [7, 11) is 2.96. The minimum Gasteiger partial charge on any atom is -0.465 e. The molecule has 7 heteroatoms. The van der Waals surface area contributed by atoms with Crippen molar-refractivity contribution in [1.82, 2.24) is 10.2 Å². The van der Waals surface area contributed by atoms with Crippen LogP contribution in [-0.4, -0.2) is 56.4 Å². The zero-order chi connectivity index (χ0) is 14.7. The number of esters is 1. The highest BCUT2D eigenvalue weighted by atomic mass is 19.4. The Kier molecular flexibility index (Phi) is 5.20. The number of nitrogens with one attached hydrogen (secondary N) is 1. The number of carbonyl (C=O) groups is 1. The van der Waals surface area contributed by atoms with E-state index in [1.54, 1.807) is 14.0 Å². The van der Waals surface area contributed by atoms with Crippen molar-refractivity contribution in [3.63, 3.8) is 0 Å². The smallest absolute Gasteiger partial charge is 0.401 e. The second kappa shape index (κ2) is 6.09. The number of halogens is 3. The SMILES string of the molecule is CCOC(=O)C(CN(C)CC(F)(F)F)(NC)C1CC1. The van der Waals surface area contributed by atoms with Gasteiger partial charge in [-0.15, -0.1) is 0 Å². The highest BCUT2D eigenvalue weighted by Crippen LogP contribution is 2.41. The van der Waals surface area contributed by atoms with Crippen molar-refractivity contribution < 1.29 is 22.7 Å². The molecule has 0 amide bonds. The van der Waals surface area contributed by atoms with Gasteiger partial charge in [-0.05, 0) is 39.8 Å². The van der Waals surface area contributed by atoms with Gasteiger partial charge in [0.25, 0.3) is 0 Å². The fraction of sp³-hybridized carbons (Fsp3) is 0.917. The first-order chi connectivity index (χ1) is 8.75. The fourth-order valence-electron chi connectivity index (χ4n) is 2.37. The molecule has 0 radical (unpaired) electrons. The molecule has 0 aliphatic heterocycles. The Labute approximate surface area is 111 Å². The number of alkyl halides is 3. The fourth-order valence-corrected chi connectivity index (χ4v) is 2.37. The van der Waals surface area contributed by atoms with E-state index in [1.165, 1.54) is 7.05 Å². The summed E-state index contributed by atoms with van der Waals surface area (Å²) >= 11 is 0. The molecule has 112 valence electrons. The molecule has 0 spiro atoms. The van der Waals surface area contributed by atoms with Gasteiger partial charge in [0, 0.05) is 6.54 Å². The Morgan fingerprint density at radius 2 is 1.95 bits per heavy atom. The van der Waals surface area contributed by atoms with Gasteiger partial charge in [-0.1, -0.05) is 0 Å². The van der Waals surface area contributed by atoms with Gasteiger partial charge in [0.2, 0.25) is 0 Å². The largest absolute Gasteiger partial charge is 0.465 e. The highest BCUT2D eigenvalue weighted by molar-refractivity contribution is 5.82. The lowest BCUT2D eigenvalue weighted by Gasteiger charge is -2.35. The van der Waals surface area contributed by atoms with Gasteiger partial charge in [0.1, 0.15) is 5.54 Å². The van der Waals surface area contributed by atoms with Crippen molar-refractivity contribution in [2.24, 2.45) is 5.92 Å². The molecule has 0 saturated heterocycles. The second-order valence-corrected chi connectivity index (χ2v) is 5.00. The molecule has 1 unspecified atom stereocenters. The molecule has 0 heterocycles. The zero-order valence-electron chi connectivity index (χ0n) is 11.5. The molecule has 1 N–H and O–H groups in total. The minimum absolute atomic E-state index is 0.00743. The zero-order valence-corrected chi connectivity index (χ0v) is 11.5. The number of ether oxygens (including phenoxy) is 1. The van der Waals surface area contributed by atoms with Gasteiger partial charge in [-0.3, -0.25) is 4.90 Å². The highest BCUT2D eigenvalue weighted by Gasteiger charge is 2.52. The van der Waals surface area contributed by atoms with Crippen molar-refractivity contribution in [3.05, 3.63) is 0 Å². The predicted octanol–water partition coefficient (Wildman–Crippen LogP) is 1.41. The van der Waals surface area contributed by atoms with E-state index in [-0.39, 0.29) is 19.1 Å². The van der Waals surface area contributed by atoms with Gasteiger partial charge in [-0.2, -0.15) is 13.2 Å². The molecule has 4 nitrogen and oxygen atoms in total. The molecule has 1 rings (SSSR count). The maximum Gasteiger partial charge on any atom is 0.401 e. The first-order valence-corrected chi connectivity index (χ1v) is 6.36. The first-order valence-electron chi connectivity index (χ1n) is 6.36. The summed E-state index contributed by atoms with van der Waals surface area (Å²) in [5.41, 5.74) is -1.03. The topological polar surface area (TPSA) is 41.6 Å². The first kappa shape index (κ1) is 16.2. The van der Waals surface area contributed by atoms with Crippen LogP contribution in [0.4, 0.5) is 13.2 Å². The van der Waals surface area contributed by atoms with Crippen LogP contribution in [0.15, 0.2) is 0 Å². The van der Waals surface area contributed by atoms with E-state index in [9.17, 15) is 18.0 Å². The molecule has 1 aliphatic carbocycles. The van der Waals surface area contributed by atoms with Crippen molar-refractivity contribution in [3.8, 4) is 0 Å². The Morgan fingerprint density at radius 3 is 2.32 bits per heavy atom. The monoisotopic (exact) mass is 282 g/mol. The summed E-state index contributed by atoms with van der Waals surface area (Å²) in [5, 5.41) is 2.90. The molecule has 0 aromatic carbocycles. The van der Waals surface area contributed by atoms with Crippen LogP contribution in [0.1, 0.15) is 19.8 Å². The number of carbonyl (C=O) groups excluding carboxylic acids is 1. The van der Waals surface area contributed by atoms with Crippen LogP contribution in [0.2, 0.25) is 0 Å². The summed E-state index contributed by atoms with van der Waals surface area (Å²) in [6, 6.07) is 0. The average molecular weight is 282 g/mol. The molecule has 1 atom stereocenters. The molecule has 1 aliphatic rings. The van der Waals surface area contributed by atoms with E-state index in [2.05, 4.69) is 5.32 Å². The maximum absolute atomic E-state index is 12.4. The van der Waals surface area contributed by atoms with Crippen molar-refractivity contribution >= 4 is 5.97 Å². The van der Waals surface area contributed by atoms with Crippen molar-refractivity contribution in [1.29, 1.82) is 0 Å². The van der Waals surface area contributed by atoms with E-state index in [1.807, 2.05) is 0 Å². The summed E-state index contributed by atoms with van der Waals surface area (Å²) in [6.45, 7) is 0.859. The lowest BCUT2D eigenvalue weighted by Crippen LogP contribution is -2.60. The lowest BCUT2D eigenvalue weighted by atomic mass is 9.92. The summed E-state index contributed by atoms with van der Waals surface area (Å²) in [6.07, 6.45) is -2.61. The molecule has 0 aromatic heterocycles. The van der Waals surface area contributed by atoms with E-state index < -0.39 is 24.2 Å². The van der Waals surface area contributed by atoms with Gasteiger partial charge in [0.15, 0.2) is 0 Å². The van der Waals surface area contributed by atoms with Crippen molar-refractivity contribution in [2.45, 2.75) is 31.5 Å². The number of hydrogen-bond donors (Lipinski definition) is 1. The van der Waals surface area contributed by atoms with Gasteiger partial charge in [0.05, 0.1) is 13.2 Å². The Bertz CT molecular complexity index is 319. The van der Waals surface area contributed by atoms with E-state index in [0.29, 0.717) is 0 Å². The summed E-state index contributed by atoms with van der Waals surface area (Å²) in [4.78, 5) is 13.2. The molecule has 0 bridgehead atoms. The van der Waals surface area contributed by atoms with Gasteiger partial charge < -0.3 is 10.1 Å². The van der Waals surface area contributed by atoms with E-state index in [4.69, 9.17) is 4.74 Å². The van der Waals surface area contributed by atoms with Crippen LogP contribution in [0.3, 0.4) is 0 Å². The van der Waals surface area contributed by atoms with Gasteiger partial charge >= 0.3 is 12.1 Å². The lowest BCUT2D eigenvalue weighted by molar-refractivity contribution is -0.159. The maximum atomic E-state index is 12.4. The molecule has 19 heavy (non-hydrogen) atoms. The van der Waals surface area contributed by atoms with E-state index in [0.717, 1.165) is 17.7 Å². The third-order valence-corrected chi connectivity index (χ3v) is 3.33. The Morgan fingerprint density at radius 1 is 1.37 bits per heavy atom. The molecule has 0 aromatic rings. The molecular formula is C12H21F3N2O2. The Balaban J connectivity index is 2.77. The van der Waals surface area contributed by atoms with Crippen LogP contribution in [0.25, 0.3) is 0 Å². The van der Waals surface area contributed by atoms with Crippen LogP contribution in [0, 0.1) is 5.92 Å². The normalized spacial score (nSPS) is 19.3. The number of likely N-dealkylation sites (N-methyl/N-ethyl adjacent to an activating group) is 2. The molecule has 1 saturated carbocycles. The number of hydrogen-bond acceptors (Lipinski definition) is 4. The quantitative estimate of drug-likeness (QED) is 0.717. The van der Waals surface area contributed by atoms with Crippen LogP contribution < -0.4 is 5.32 Å². The van der Waals surface area contributed by atoms with Crippen LogP contribution in [-0.2, 0) is 9.53 Å². The van der Waals surface area contributed by atoms with E-state index >= 15 is 0 Å². The molecular weight excluding hydrogens is 261 g/mol. The summed E-state index contributed by atoms with van der Waals surface area (Å²) < 4.78 is 42.1. The number of rotatable bonds is 7. The standard InChI is InChI=1S/C12H21F3N2O2/c1-4-19-10(18)11(16-2,9-5-6-9)7-17(3)8-12(13,14)15/h9,16H,4-8H2,1-3H3. The minimum atomic E-state index is -4.27. The average Bonchev–Trinajstić information content (AvgIpc) is 3.07. The Hall–Kier alpha value is -0.820. The van der Waals surface area contributed by atoms with Crippen molar-refractivity contribution in [2.75, 3.05) is 33.8 Å². The second-order valence-electron chi connectivity index (χ2n) is 5.00. The molecule has 1 fully saturated rings. The third-order valence-electron chi connectivity index (χ3n) is 3.33. The van der Waals surface area contributed by atoms with Crippen LogP contribution in [0.5, 0.6) is 0 Å². The predicted molar refractivity (Wildman–Crippen MR) is 64.7 cm³/mol. The number of nitrogens with zero attached hydrogens (tertiary/aromatic N) is 1. The van der Waals surface area contributed by atoms with Crippen LogP contribution >= 0.6 is 0 Å².